The van der Waals surface area contributed by atoms with Crippen molar-refractivity contribution < 1.29 is 4.92 Å². The zero-order valence-corrected chi connectivity index (χ0v) is 11.6. The van der Waals surface area contributed by atoms with Crippen LogP contribution in [0.3, 0.4) is 0 Å². The minimum atomic E-state index is -0.525. The van der Waals surface area contributed by atoms with E-state index in [1.807, 2.05) is 19.1 Å². The van der Waals surface area contributed by atoms with Crippen molar-refractivity contribution in [3.8, 4) is 0 Å². The Morgan fingerprint density at radius 1 is 1.38 bits per heavy atom. The number of pyridine rings is 1. The van der Waals surface area contributed by atoms with Crippen molar-refractivity contribution in [1.82, 2.24) is 15.0 Å². The summed E-state index contributed by atoms with van der Waals surface area (Å²) in [5.74, 6) is 5.47. The number of nitrogens with two attached hydrogens (primary N) is 1. The first kappa shape index (κ1) is 14.6. The fourth-order valence-corrected chi connectivity index (χ4v) is 1.86. The average molecular weight is 289 g/mol. The molecule has 21 heavy (non-hydrogen) atoms. The van der Waals surface area contributed by atoms with E-state index in [-0.39, 0.29) is 29.2 Å². The van der Waals surface area contributed by atoms with Crippen LogP contribution in [-0.2, 0) is 0 Å². The van der Waals surface area contributed by atoms with Crippen molar-refractivity contribution in [3.63, 3.8) is 0 Å². The van der Waals surface area contributed by atoms with Gasteiger partial charge in [0.2, 0.25) is 11.8 Å². The predicted molar refractivity (Wildman–Crippen MR) is 77.5 cm³/mol. The van der Waals surface area contributed by atoms with Crippen LogP contribution in [0.15, 0.2) is 24.4 Å². The molecule has 0 fully saturated rings. The van der Waals surface area contributed by atoms with E-state index < -0.39 is 4.92 Å². The summed E-state index contributed by atoms with van der Waals surface area (Å²) in [6.45, 7) is 3.36. The average Bonchev–Trinajstić information content (AvgIpc) is 2.47. The number of nitro groups is 1. The number of nitrogens with zero attached hydrogens (tertiary/aromatic N) is 4. The molecule has 2 heterocycles. The quantitative estimate of drug-likeness (QED) is 0.429. The van der Waals surface area contributed by atoms with E-state index in [4.69, 9.17) is 5.84 Å². The van der Waals surface area contributed by atoms with Crippen molar-refractivity contribution >= 4 is 17.5 Å². The van der Waals surface area contributed by atoms with Gasteiger partial charge in [0.15, 0.2) is 0 Å². The fraction of sp³-hybridized carbons (Fsp3) is 0.250. The van der Waals surface area contributed by atoms with Gasteiger partial charge in [-0.05, 0) is 26.0 Å². The highest BCUT2D eigenvalue weighted by atomic mass is 16.6. The van der Waals surface area contributed by atoms with Crippen LogP contribution >= 0.6 is 0 Å². The van der Waals surface area contributed by atoms with Crippen LogP contribution in [0.25, 0.3) is 0 Å². The summed E-state index contributed by atoms with van der Waals surface area (Å²) in [5.41, 5.74) is 3.07. The molecule has 9 heteroatoms. The first-order valence-electron chi connectivity index (χ1n) is 6.20. The van der Waals surface area contributed by atoms with E-state index in [1.165, 1.54) is 6.92 Å². The maximum absolute atomic E-state index is 11.2. The van der Waals surface area contributed by atoms with Gasteiger partial charge in [-0.25, -0.2) is 10.8 Å². The molecule has 0 spiro atoms. The molecule has 2 aromatic rings. The molecule has 0 radical (unpaired) electrons. The Kier molecular flexibility index (Phi) is 4.24. The zero-order chi connectivity index (χ0) is 15.4. The minimum Gasteiger partial charge on any atom is -0.356 e. The lowest BCUT2D eigenvalue weighted by atomic mass is 10.2. The van der Waals surface area contributed by atoms with Crippen molar-refractivity contribution in [2.24, 2.45) is 5.84 Å². The number of rotatable bonds is 5. The van der Waals surface area contributed by atoms with Gasteiger partial charge in [0, 0.05) is 6.20 Å². The van der Waals surface area contributed by atoms with Crippen LogP contribution in [0.1, 0.15) is 24.4 Å². The molecular weight excluding hydrogens is 274 g/mol. The van der Waals surface area contributed by atoms with Crippen molar-refractivity contribution in [3.05, 3.63) is 45.9 Å². The molecule has 1 atom stereocenters. The maximum atomic E-state index is 11.2. The van der Waals surface area contributed by atoms with E-state index in [0.29, 0.717) is 0 Å². The molecule has 0 bridgehead atoms. The summed E-state index contributed by atoms with van der Waals surface area (Å²) in [4.78, 5) is 22.8. The van der Waals surface area contributed by atoms with Gasteiger partial charge in [-0.3, -0.25) is 20.5 Å². The highest BCUT2D eigenvalue weighted by Gasteiger charge is 2.23. The molecule has 2 rings (SSSR count). The van der Waals surface area contributed by atoms with Crippen LogP contribution < -0.4 is 16.6 Å². The number of nitrogen functional groups attached to an aromatic ring is 1. The molecule has 0 saturated carbocycles. The maximum Gasteiger partial charge on any atom is 0.332 e. The smallest absolute Gasteiger partial charge is 0.332 e. The van der Waals surface area contributed by atoms with Gasteiger partial charge in [-0.2, -0.15) is 4.98 Å². The summed E-state index contributed by atoms with van der Waals surface area (Å²) in [6.07, 6.45) is 1.65. The lowest BCUT2D eigenvalue weighted by molar-refractivity contribution is -0.385. The standard InChI is InChI=1S/C12H15N7O2/c1-7(9-5-3-4-6-14-9)15-11-10(19(20)21)8(2)16-12(17-11)18-13/h3-7H,13H2,1-2H3,(H2,15,16,17,18). The number of nitrogens with one attached hydrogen (secondary N) is 2. The number of hydrazine groups is 1. The number of hydrogen-bond donors (Lipinski definition) is 3. The summed E-state index contributed by atoms with van der Waals surface area (Å²) >= 11 is 0. The molecular formula is C12H15N7O2. The van der Waals surface area contributed by atoms with E-state index in [1.54, 1.807) is 12.3 Å². The van der Waals surface area contributed by atoms with Gasteiger partial charge in [0.05, 0.1) is 16.7 Å². The Bertz CT molecular complexity index is 648. The van der Waals surface area contributed by atoms with Crippen molar-refractivity contribution in [2.75, 3.05) is 10.7 Å². The van der Waals surface area contributed by atoms with Crippen LogP contribution in [0.4, 0.5) is 17.5 Å². The van der Waals surface area contributed by atoms with E-state index >= 15 is 0 Å². The molecule has 0 aliphatic heterocycles. The highest BCUT2D eigenvalue weighted by Crippen LogP contribution is 2.29. The molecule has 0 amide bonds. The van der Waals surface area contributed by atoms with E-state index in [0.717, 1.165) is 5.69 Å². The Labute approximate surface area is 120 Å². The lowest BCUT2D eigenvalue weighted by Crippen LogP contribution is -2.16. The van der Waals surface area contributed by atoms with Gasteiger partial charge in [0.1, 0.15) is 5.69 Å². The summed E-state index contributed by atoms with van der Waals surface area (Å²) in [6, 6.07) is 5.20. The first-order chi connectivity index (χ1) is 10.0. The van der Waals surface area contributed by atoms with Gasteiger partial charge in [0.25, 0.3) is 0 Å². The second-order valence-corrected chi connectivity index (χ2v) is 4.35. The Morgan fingerprint density at radius 2 is 2.14 bits per heavy atom. The van der Waals surface area contributed by atoms with Crippen molar-refractivity contribution in [2.45, 2.75) is 19.9 Å². The van der Waals surface area contributed by atoms with Gasteiger partial charge in [-0.15, -0.1) is 0 Å². The Hall–Kier alpha value is -2.81. The molecule has 2 aromatic heterocycles. The monoisotopic (exact) mass is 289 g/mol. The van der Waals surface area contributed by atoms with Gasteiger partial charge < -0.3 is 5.32 Å². The summed E-state index contributed by atoms with van der Waals surface area (Å²) in [5, 5.41) is 14.2. The van der Waals surface area contributed by atoms with Crippen LogP contribution in [-0.4, -0.2) is 19.9 Å². The van der Waals surface area contributed by atoms with Crippen LogP contribution in [0.5, 0.6) is 0 Å². The molecule has 4 N–H and O–H groups in total. The largest absolute Gasteiger partial charge is 0.356 e. The van der Waals surface area contributed by atoms with Crippen LogP contribution in [0, 0.1) is 17.0 Å². The zero-order valence-electron chi connectivity index (χ0n) is 11.6. The Morgan fingerprint density at radius 3 is 2.71 bits per heavy atom. The third-order valence-corrected chi connectivity index (χ3v) is 2.85. The fourth-order valence-electron chi connectivity index (χ4n) is 1.86. The van der Waals surface area contributed by atoms with Gasteiger partial charge >= 0.3 is 5.69 Å². The molecule has 1 unspecified atom stereocenters. The SMILES string of the molecule is Cc1nc(NN)nc(NC(C)c2ccccn2)c1[N+](=O)[O-]. The number of hydrogen-bond acceptors (Lipinski definition) is 8. The molecule has 9 nitrogen and oxygen atoms in total. The minimum absolute atomic E-state index is 0.0959. The predicted octanol–water partition coefficient (Wildman–Crippen LogP) is 1.55. The Balaban J connectivity index is 2.38. The number of anilines is 2. The topological polar surface area (TPSA) is 132 Å². The second kappa shape index (κ2) is 6.09. The molecule has 0 saturated heterocycles. The summed E-state index contributed by atoms with van der Waals surface area (Å²) in [7, 11) is 0. The van der Waals surface area contributed by atoms with E-state index in [9.17, 15) is 10.1 Å². The van der Waals surface area contributed by atoms with Crippen LogP contribution in [0.2, 0.25) is 0 Å². The second-order valence-electron chi connectivity index (χ2n) is 4.35. The molecule has 0 aliphatic rings. The normalized spacial score (nSPS) is 11.8. The number of aromatic nitrogens is 3. The highest BCUT2D eigenvalue weighted by molar-refractivity contribution is 5.61. The first-order valence-corrected chi connectivity index (χ1v) is 6.20. The molecule has 0 aliphatic carbocycles. The third-order valence-electron chi connectivity index (χ3n) is 2.85. The molecule has 0 aromatic carbocycles. The molecule has 110 valence electrons. The number of aryl methyl sites for hydroxylation is 1. The van der Waals surface area contributed by atoms with Gasteiger partial charge in [-0.1, -0.05) is 6.07 Å². The van der Waals surface area contributed by atoms with Crippen molar-refractivity contribution in [1.29, 1.82) is 0 Å². The van der Waals surface area contributed by atoms with E-state index in [2.05, 4.69) is 25.7 Å². The lowest BCUT2D eigenvalue weighted by Gasteiger charge is -2.15. The third kappa shape index (κ3) is 3.20. The summed E-state index contributed by atoms with van der Waals surface area (Å²) < 4.78 is 0.